The Kier molecular flexibility index (Phi) is 4.54. The third-order valence-electron chi connectivity index (χ3n) is 4.46. The first-order chi connectivity index (χ1) is 13.2. The maximum absolute atomic E-state index is 12.2. The van der Waals surface area contributed by atoms with Gasteiger partial charge < -0.3 is 5.21 Å². The number of hydrogen-bond donors (Lipinski definition) is 1. The number of benzene rings is 3. The summed E-state index contributed by atoms with van der Waals surface area (Å²) in [4.78, 5) is 16.8. The van der Waals surface area contributed by atoms with Gasteiger partial charge in [-0.3, -0.25) is 4.79 Å². The molecular weight excluding hydrogens is 336 g/mol. The Hall–Kier alpha value is -3.66. The predicted molar refractivity (Wildman–Crippen MR) is 106 cm³/mol. The Morgan fingerprint density at radius 2 is 1.30 bits per heavy atom. The lowest BCUT2D eigenvalue weighted by molar-refractivity contribution is 0.173. The molecule has 0 aliphatic heterocycles. The van der Waals surface area contributed by atoms with Crippen LogP contribution >= 0.6 is 0 Å². The van der Waals surface area contributed by atoms with E-state index in [-0.39, 0.29) is 0 Å². The molecule has 1 aromatic heterocycles. The molecule has 0 spiro atoms. The largest absolute Gasteiger partial charge is 0.425 e. The van der Waals surface area contributed by atoms with Crippen LogP contribution in [0, 0.1) is 0 Å². The zero-order chi connectivity index (χ0) is 18.6. The van der Waals surface area contributed by atoms with Crippen LogP contribution < -0.4 is 5.56 Å². The summed E-state index contributed by atoms with van der Waals surface area (Å²) in [5.41, 5.74) is 4.42. The van der Waals surface area contributed by atoms with Gasteiger partial charge in [-0.1, -0.05) is 84.9 Å². The molecule has 3 aromatic carbocycles. The smallest absolute Gasteiger partial charge is 0.304 e. The van der Waals surface area contributed by atoms with Gasteiger partial charge in [0.05, 0.1) is 11.9 Å². The van der Waals surface area contributed by atoms with Crippen molar-refractivity contribution in [2.24, 2.45) is 0 Å². The van der Waals surface area contributed by atoms with Crippen LogP contribution in [-0.4, -0.2) is 14.9 Å². The fourth-order valence-corrected chi connectivity index (χ4v) is 3.04. The van der Waals surface area contributed by atoms with Gasteiger partial charge in [-0.2, -0.15) is 4.73 Å². The van der Waals surface area contributed by atoms with Gasteiger partial charge in [-0.15, -0.1) is 0 Å². The van der Waals surface area contributed by atoms with Crippen molar-refractivity contribution in [1.82, 2.24) is 9.71 Å². The Labute approximate surface area is 157 Å². The average molecular weight is 354 g/mol. The van der Waals surface area contributed by atoms with Crippen LogP contribution in [-0.2, 0) is 6.42 Å². The summed E-state index contributed by atoms with van der Waals surface area (Å²) in [6.45, 7) is 0. The molecule has 0 saturated heterocycles. The Morgan fingerprint density at radius 1 is 0.741 bits per heavy atom. The van der Waals surface area contributed by atoms with E-state index in [2.05, 4.69) is 17.1 Å². The number of nitrogens with zero attached hydrogens (tertiary/aromatic N) is 2. The Morgan fingerprint density at radius 3 is 1.96 bits per heavy atom. The zero-order valence-corrected chi connectivity index (χ0v) is 14.6. The summed E-state index contributed by atoms with van der Waals surface area (Å²) in [5, 5.41) is 10.0. The van der Waals surface area contributed by atoms with E-state index in [0.717, 1.165) is 22.3 Å². The number of hydrogen-bond acceptors (Lipinski definition) is 3. The molecule has 4 aromatic rings. The van der Waals surface area contributed by atoms with Crippen LogP contribution in [0.15, 0.2) is 95.9 Å². The molecule has 0 atom stereocenters. The summed E-state index contributed by atoms with van der Waals surface area (Å²) in [5.74, 6) is 0. The second-order valence-electron chi connectivity index (χ2n) is 6.33. The van der Waals surface area contributed by atoms with E-state index in [1.54, 1.807) is 0 Å². The van der Waals surface area contributed by atoms with Crippen molar-refractivity contribution in [2.45, 2.75) is 6.42 Å². The molecule has 0 bridgehead atoms. The van der Waals surface area contributed by atoms with Gasteiger partial charge in [-0.05, 0) is 16.7 Å². The molecule has 0 aliphatic carbocycles. The first-order valence-corrected chi connectivity index (χ1v) is 8.72. The highest BCUT2D eigenvalue weighted by Gasteiger charge is 2.11. The predicted octanol–water partition coefficient (Wildman–Crippen LogP) is 4.41. The quantitative estimate of drug-likeness (QED) is 0.553. The first kappa shape index (κ1) is 16.8. The lowest BCUT2D eigenvalue weighted by Crippen LogP contribution is -2.24. The standard InChI is InChI=1S/C23H18N2O2/c26-23-21(15-17-7-3-1-4-8-17)24-22(16-25(23)27)20-13-11-19(12-14-20)18-9-5-2-6-10-18/h1-14,16,27H,15H2. The molecule has 1 heterocycles. The first-order valence-electron chi connectivity index (χ1n) is 8.72. The van der Waals surface area contributed by atoms with E-state index in [1.165, 1.54) is 6.20 Å². The van der Waals surface area contributed by atoms with Crippen LogP contribution in [0.4, 0.5) is 0 Å². The Bertz CT molecular complexity index is 1100. The van der Waals surface area contributed by atoms with Gasteiger partial charge in [0.15, 0.2) is 0 Å². The summed E-state index contributed by atoms with van der Waals surface area (Å²) in [6.07, 6.45) is 1.73. The fraction of sp³-hybridized carbons (Fsp3) is 0.0435. The summed E-state index contributed by atoms with van der Waals surface area (Å²) >= 11 is 0. The van der Waals surface area contributed by atoms with Crippen molar-refractivity contribution < 1.29 is 5.21 Å². The van der Waals surface area contributed by atoms with Crippen molar-refractivity contribution in [2.75, 3.05) is 0 Å². The molecular formula is C23H18N2O2. The van der Waals surface area contributed by atoms with E-state index in [0.29, 0.717) is 22.5 Å². The molecule has 4 heteroatoms. The van der Waals surface area contributed by atoms with E-state index < -0.39 is 5.56 Å². The lowest BCUT2D eigenvalue weighted by atomic mass is 10.0. The fourth-order valence-electron chi connectivity index (χ4n) is 3.04. The number of rotatable bonds is 4. The molecule has 4 rings (SSSR count). The Balaban J connectivity index is 1.68. The van der Waals surface area contributed by atoms with Gasteiger partial charge in [0, 0.05) is 12.0 Å². The highest BCUT2D eigenvalue weighted by molar-refractivity contribution is 5.68. The molecule has 0 saturated carbocycles. The topological polar surface area (TPSA) is 55.1 Å². The maximum atomic E-state index is 12.2. The highest BCUT2D eigenvalue weighted by atomic mass is 16.5. The third kappa shape index (κ3) is 3.65. The van der Waals surface area contributed by atoms with Gasteiger partial charge >= 0.3 is 5.56 Å². The summed E-state index contributed by atoms with van der Waals surface area (Å²) in [6, 6.07) is 27.6. The molecule has 0 fully saturated rings. The van der Waals surface area contributed by atoms with E-state index >= 15 is 0 Å². The molecule has 132 valence electrons. The van der Waals surface area contributed by atoms with E-state index in [4.69, 9.17) is 0 Å². The third-order valence-corrected chi connectivity index (χ3v) is 4.46. The van der Waals surface area contributed by atoms with E-state index in [1.807, 2.05) is 72.8 Å². The minimum atomic E-state index is -0.497. The van der Waals surface area contributed by atoms with Crippen LogP contribution in [0.25, 0.3) is 22.4 Å². The zero-order valence-electron chi connectivity index (χ0n) is 14.6. The van der Waals surface area contributed by atoms with Crippen molar-refractivity contribution in [1.29, 1.82) is 0 Å². The second kappa shape index (κ2) is 7.30. The van der Waals surface area contributed by atoms with Crippen molar-refractivity contribution >= 4 is 0 Å². The molecule has 0 aliphatic rings. The molecule has 1 N–H and O–H groups in total. The number of aromatic nitrogens is 2. The summed E-state index contributed by atoms with van der Waals surface area (Å²) in [7, 11) is 0. The molecule has 0 unspecified atom stereocenters. The highest BCUT2D eigenvalue weighted by Crippen LogP contribution is 2.23. The van der Waals surface area contributed by atoms with Crippen molar-refractivity contribution in [3.63, 3.8) is 0 Å². The SMILES string of the molecule is O=c1c(Cc2ccccc2)nc(-c2ccc(-c3ccccc3)cc2)cn1O. The van der Waals surface area contributed by atoms with Gasteiger partial charge in [0.25, 0.3) is 0 Å². The van der Waals surface area contributed by atoms with Crippen LogP contribution in [0.5, 0.6) is 0 Å². The minimum absolute atomic E-state index is 0.313. The minimum Gasteiger partial charge on any atom is -0.425 e. The van der Waals surface area contributed by atoms with Gasteiger partial charge in [-0.25, -0.2) is 4.98 Å². The molecule has 27 heavy (non-hydrogen) atoms. The van der Waals surface area contributed by atoms with Crippen molar-refractivity contribution in [3.8, 4) is 22.4 Å². The van der Waals surface area contributed by atoms with Crippen LogP contribution in [0.1, 0.15) is 11.3 Å². The normalized spacial score (nSPS) is 10.7. The monoisotopic (exact) mass is 354 g/mol. The van der Waals surface area contributed by atoms with Gasteiger partial charge in [0.2, 0.25) is 0 Å². The average Bonchev–Trinajstić information content (AvgIpc) is 2.73. The molecule has 0 radical (unpaired) electrons. The molecule has 4 nitrogen and oxygen atoms in total. The molecule has 0 amide bonds. The van der Waals surface area contributed by atoms with Crippen LogP contribution in [0.2, 0.25) is 0 Å². The summed E-state index contributed by atoms with van der Waals surface area (Å²) < 4.78 is 0.617. The van der Waals surface area contributed by atoms with Crippen LogP contribution in [0.3, 0.4) is 0 Å². The second-order valence-corrected chi connectivity index (χ2v) is 6.33. The maximum Gasteiger partial charge on any atom is 0.304 e. The van der Waals surface area contributed by atoms with Crippen molar-refractivity contribution in [3.05, 3.63) is 113 Å². The lowest BCUT2D eigenvalue weighted by Gasteiger charge is -2.08. The van der Waals surface area contributed by atoms with E-state index in [9.17, 15) is 10.0 Å². The van der Waals surface area contributed by atoms with Gasteiger partial charge in [0.1, 0.15) is 5.69 Å².